The van der Waals surface area contributed by atoms with Gasteiger partial charge in [-0.05, 0) is 86.1 Å². The lowest BCUT2D eigenvalue weighted by Gasteiger charge is -2.24. The van der Waals surface area contributed by atoms with E-state index < -0.39 is 29.6 Å². The van der Waals surface area contributed by atoms with E-state index in [0.717, 1.165) is 0 Å². The van der Waals surface area contributed by atoms with E-state index in [2.05, 4.69) is 5.32 Å². The van der Waals surface area contributed by atoms with Crippen LogP contribution in [0.3, 0.4) is 0 Å². The number of benzene rings is 3. The summed E-state index contributed by atoms with van der Waals surface area (Å²) in [6.07, 6.45) is 5.85. The molecule has 0 aliphatic carbocycles. The van der Waals surface area contributed by atoms with Crippen LogP contribution in [-0.2, 0) is 20.7 Å². The minimum absolute atomic E-state index is 0.0821. The Balaban J connectivity index is 1.79. The number of aromatic hydroxyl groups is 4. The molecule has 1 aliphatic heterocycles. The Kier molecular flexibility index (Phi) is 13.0. The number of Topliss-reactive ketones (excluding diaryl/α,β-unsaturated/α-hetero) is 1. The van der Waals surface area contributed by atoms with E-state index in [1.54, 1.807) is 37.3 Å². The summed E-state index contributed by atoms with van der Waals surface area (Å²) in [6.45, 7) is 1.89. The Morgan fingerprint density at radius 3 is 2.28 bits per heavy atom. The number of phenols is 4. The molecule has 0 aromatic heterocycles. The molecule has 50 heavy (non-hydrogen) atoms. The molecule has 0 spiro atoms. The zero-order chi connectivity index (χ0) is 36.4. The van der Waals surface area contributed by atoms with Gasteiger partial charge < -0.3 is 44.7 Å². The first-order valence-electron chi connectivity index (χ1n) is 16.5. The Morgan fingerprint density at radius 2 is 1.62 bits per heavy atom. The van der Waals surface area contributed by atoms with Gasteiger partial charge in [0, 0.05) is 37.3 Å². The number of allylic oxidation sites excluding steroid dienone is 1. The van der Waals surface area contributed by atoms with Gasteiger partial charge in [-0.3, -0.25) is 9.59 Å². The molecule has 0 radical (unpaired) electrons. The van der Waals surface area contributed by atoms with Crippen LogP contribution in [0.5, 0.6) is 40.2 Å². The third-order valence-corrected chi connectivity index (χ3v) is 8.65. The van der Waals surface area contributed by atoms with Crippen molar-refractivity contribution in [2.75, 3.05) is 27.9 Å². The van der Waals surface area contributed by atoms with Crippen molar-refractivity contribution in [3.8, 4) is 40.2 Å². The van der Waals surface area contributed by atoms with E-state index in [1.807, 2.05) is 0 Å². The number of phenolic OH excluding ortho intramolecular Hbond substituents is 4. The highest BCUT2D eigenvalue weighted by Crippen LogP contribution is 2.47. The Labute approximate surface area is 291 Å². The fourth-order valence-electron chi connectivity index (χ4n) is 6.04. The Bertz CT molecular complexity index is 1710. The predicted octanol–water partition coefficient (Wildman–Crippen LogP) is 5.90. The number of fused-ring (bicyclic) bond motifs is 1. The van der Waals surface area contributed by atoms with Crippen molar-refractivity contribution in [2.45, 2.75) is 70.3 Å². The summed E-state index contributed by atoms with van der Waals surface area (Å²) in [5, 5.41) is 45.7. The van der Waals surface area contributed by atoms with Crippen molar-refractivity contribution in [1.82, 2.24) is 5.32 Å². The number of hydrogen-bond acceptors (Lipinski definition) is 11. The molecule has 12 nitrogen and oxygen atoms in total. The smallest absolute Gasteiger partial charge is 0.342 e. The molecule has 0 bridgehead atoms. The molecule has 3 aromatic carbocycles. The number of ether oxygens (including phenoxy) is 4. The monoisotopic (exact) mass is 691 g/mol. The lowest BCUT2D eigenvalue weighted by molar-refractivity contribution is -0.121. The fourth-order valence-corrected chi connectivity index (χ4v) is 6.04. The number of hydrogen-bond donors (Lipinski definition) is 5. The van der Waals surface area contributed by atoms with Crippen molar-refractivity contribution in [3.05, 3.63) is 70.3 Å². The number of carbonyl (C=O) groups excluding carboxylic acids is 3. The lowest BCUT2D eigenvalue weighted by Crippen LogP contribution is -2.27. The first-order chi connectivity index (χ1) is 24.0. The van der Waals surface area contributed by atoms with E-state index in [0.29, 0.717) is 61.8 Å². The van der Waals surface area contributed by atoms with Gasteiger partial charge in [-0.25, -0.2) is 4.79 Å². The molecule has 2 atom stereocenters. The summed E-state index contributed by atoms with van der Waals surface area (Å²) in [6, 6.07) is 8.94. The highest BCUT2D eigenvalue weighted by atomic mass is 16.5. The summed E-state index contributed by atoms with van der Waals surface area (Å²) in [7, 11) is 4.32. The maximum Gasteiger partial charge on any atom is 0.342 e. The fraction of sp³-hybridized carbons (Fsp3) is 0.395. The van der Waals surface area contributed by atoms with Crippen LogP contribution in [0.4, 0.5) is 0 Å². The second kappa shape index (κ2) is 17.3. The quantitative estimate of drug-likeness (QED) is 0.126. The van der Waals surface area contributed by atoms with E-state index in [4.69, 9.17) is 18.9 Å². The van der Waals surface area contributed by atoms with Crippen LogP contribution < -0.4 is 19.5 Å². The first-order valence-corrected chi connectivity index (χ1v) is 16.5. The molecule has 1 unspecified atom stereocenters. The molecule has 0 fully saturated rings. The number of ketones is 1. The van der Waals surface area contributed by atoms with E-state index in [1.165, 1.54) is 39.5 Å². The number of carbonyl (C=O) groups is 3. The summed E-state index contributed by atoms with van der Waals surface area (Å²) in [5.74, 6) is -2.75. The van der Waals surface area contributed by atoms with E-state index in [9.17, 15) is 34.8 Å². The van der Waals surface area contributed by atoms with Crippen molar-refractivity contribution < 1.29 is 53.8 Å². The summed E-state index contributed by atoms with van der Waals surface area (Å²) in [4.78, 5) is 39.4. The van der Waals surface area contributed by atoms with Gasteiger partial charge >= 0.3 is 5.97 Å². The summed E-state index contributed by atoms with van der Waals surface area (Å²) < 4.78 is 22.3. The van der Waals surface area contributed by atoms with Gasteiger partial charge in [-0.15, -0.1) is 0 Å². The number of nitrogens with one attached hydrogen (secondary N) is 1. The molecule has 268 valence electrons. The van der Waals surface area contributed by atoms with Gasteiger partial charge in [0.2, 0.25) is 11.7 Å². The second-order valence-corrected chi connectivity index (χ2v) is 12.2. The van der Waals surface area contributed by atoms with Crippen LogP contribution in [0.25, 0.3) is 6.08 Å². The van der Waals surface area contributed by atoms with Crippen molar-refractivity contribution in [1.29, 1.82) is 0 Å². The lowest BCUT2D eigenvalue weighted by atomic mass is 9.84. The predicted molar refractivity (Wildman–Crippen MR) is 185 cm³/mol. The SMILES string of the molecule is COc1cc(C(CC(=O)NCCc2ccc(O)c(O)c2)c2c(O)cc3c(c2O)C(=O)O[C@@H](C)CCCC(=O)CCCC=C3)cc(OC)c1OC. The molecule has 1 amide bonds. The minimum Gasteiger partial charge on any atom is -0.507 e. The Morgan fingerprint density at radius 1 is 0.920 bits per heavy atom. The third kappa shape index (κ3) is 9.19. The van der Waals surface area contributed by atoms with Gasteiger partial charge in [0.15, 0.2) is 23.0 Å². The van der Waals surface area contributed by atoms with Crippen LogP contribution in [0, 0.1) is 0 Å². The largest absolute Gasteiger partial charge is 0.507 e. The number of rotatable bonds is 10. The van der Waals surface area contributed by atoms with Crippen LogP contribution in [0.2, 0.25) is 0 Å². The zero-order valence-corrected chi connectivity index (χ0v) is 28.8. The molecule has 0 saturated heterocycles. The van der Waals surface area contributed by atoms with Crippen molar-refractivity contribution in [2.24, 2.45) is 0 Å². The summed E-state index contributed by atoms with van der Waals surface area (Å²) >= 11 is 0. The molecule has 3 aromatic rings. The van der Waals surface area contributed by atoms with Crippen LogP contribution >= 0.6 is 0 Å². The van der Waals surface area contributed by atoms with Gasteiger partial charge in [0.1, 0.15) is 22.8 Å². The number of cyclic esters (lactones) is 1. The average molecular weight is 692 g/mol. The standard InChI is InChI=1S/C38H45NO11/c1-22-9-8-12-26(40)11-7-5-6-10-24-18-30(43)35(36(45)34(24)38(46)50-22)27(25-19-31(47-2)37(49-4)32(20-25)48-3)21-33(44)39-16-15-23-13-14-28(41)29(42)17-23/h6,10,13-14,17-20,22,27,41-43,45H,5,7-9,11-12,15-16,21H2,1-4H3,(H,39,44)/t22-,27?/m0/s1. The van der Waals surface area contributed by atoms with Gasteiger partial charge in [0.25, 0.3) is 0 Å². The summed E-state index contributed by atoms with van der Waals surface area (Å²) in [5.41, 5.74) is 1.05. The van der Waals surface area contributed by atoms with E-state index >= 15 is 0 Å². The van der Waals surface area contributed by atoms with Crippen LogP contribution in [-0.4, -0.2) is 72.1 Å². The first kappa shape index (κ1) is 37.4. The van der Waals surface area contributed by atoms with Crippen LogP contribution in [0.1, 0.15) is 90.4 Å². The maximum atomic E-state index is 13.7. The van der Waals surface area contributed by atoms with Crippen molar-refractivity contribution >= 4 is 23.7 Å². The molecule has 1 heterocycles. The van der Waals surface area contributed by atoms with Gasteiger partial charge in [0.05, 0.1) is 27.4 Å². The zero-order valence-electron chi connectivity index (χ0n) is 28.8. The molecular formula is C38H45NO11. The highest BCUT2D eigenvalue weighted by molar-refractivity contribution is 5.98. The normalized spacial score (nSPS) is 16.0. The maximum absolute atomic E-state index is 13.7. The van der Waals surface area contributed by atoms with Gasteiger partial charge in [-0.2, -0.15) is 0 Å². The highest BCUT2D eigenvalue weighted by Gasteiger charge is 2.32. The number of methoxy groups -OCH3 is 3. The molecule has 12 heteroatoms. The molecule has 1 aliphatic rings. The number of amides is 1. The molecule has 0 saturated carbocycles. The molecular weight excluding hydrogens is 646 g/mol. The third-order valence-electron chi connectivity index (χ3n) is 8.65. The van der Waals surface area contributed by atoms with E-state index in [-0.39, 0.29) is 64.2 Å². The Hall–Kier alpha value is -5.39. The number of esters is 1. The minimum atomic E-state index is -1.03. The average Bonchev–Trinajstić information content (AvgIpc) is 3.07. The second-order valence-electron chi connectivity index (χ2n) is 12.2. The molecule has 5 N–H and O–H groups in total. The molecule has 4 rings (SSSR count). The van der Waals surface area contributed by atoms with Crippen molar-refractivity contribution in [3.63, 3.8) is 0 Å². The van der Waals surface area contributed by atoms with Crippen LogP contribution in [0.15, 0.2) is 42.5 Å². The van der Waals surface area contributed by atoms with Gasteiger partial charge in [-0.1, -0.05) is 18.2 Å². The topological polar surface area (TPSA) is 181 Å².